The van der Waals surface area contributed by atoms with E-state index < -0.39 is 10.1 Å². The van der Waals surface area contributed by atoms with Crippen molar-refractivity contribution in [2.45, 2.75) is 57.3 Å². The first kappa shape index (κ1) is 32.6. The van der Waals surface area contributed by atoms with Crippen LogP contribution in [0.5, 0.6) is 5.75 Å². The summed E-state index contributed by atoms with van der Waals surface area (Å²) in [5.41, 5.74) is 6.06. The largest absolute Gasteiger partial charge is 0.493 e. The van der Waals surface area contributed by atoms with Gasteiger partial charge in [-0.1, -0.05) is 38.1 Å². The van der Waals surface area contributed by atoms with E-state index in [1.807, 2.05) is 18.2 Å². The molecule has 2 aromatic carbocycles. The van der Waals surface area contributed by atoms with E-state index in [-0.39, 0.29) is 27.6 Å². The second-order valence-corrected chi connectivity index (χ2v) is 12.8. The highest BCUT2D eigenvalue weighted by Gasteiger charge is 2.23. The number of pyridine rings is 1. The molecule has 0 fully saturated rings. The number of hydrazone groups is 1. The summed E-state index contributed by atoms with van der Waals surface area (Å²) in [5, 5.41) is 6.95. The third-order valence-electron chi connectivity index (χ3n) is 7.46. The average Bonchev–Trinajstić information content (AvgIpc) is 2.99. The van der Waals surface area contributed by atoms with Crippen molar-refractivity contribution in [2.75, 3.05) is 18.6 Å². The van der Waals surface area contributed by atoms with Crippen LogP contribution in [0.1, 0.15) is 76.9 Å². The molecule has 0 unspecified atom stereocenters. The smallest absolute Gasteiger partial charge is 0.295 e. The molecule has 4 rings (SSSR count). The fraction of sp³-hybridized carbons (Fsp3) is 0.333. The maximum atomic E-state index is 12.7. The number of ketones is 1. The maximum absolute atomic E-state index is 12.7. The van der Waals surface area contributed by atoms with Crippen LogP contribution in [0.15, 0.2) is 77.4 Å². The van der Waals surface area contributed by atoms with Crippen LogP contribution in [0.3, 0.4) is 0 Å². The third kappa shape index (κ3) is 8.61. The number of aromatic nitrogens is 1. The number of Topliss-reactive ketones (excluding diaryl/α,β-unsaturated/α-hetero) is 1. The Labute approximate surface area is 258 Å². The molecular weight excluding hydrogens is 580 g/mol. The van der Waals surface area contributed by atoms with Gasteiger partial charge in [-0.05, 0) is 73.4 Å². The minimum absolute atomic E-state index is 0.173. The molecule has 0 aliphatic heterocycles. The number of carbonyl (C=O) groups is 2. The minimum atomic E-state index is -4.38. The Hall–Kier alpha value is -4.35. The van der Waals surface area contributed by atoms with Crippen molar-refractivity contribution in [3.63, 3.8) is 0 Å². The second kappa shape index (κ2) is 14.4. The lowest BCUT2D eigenvalue weighted by molar-refractivity contribution is 0.0931. The molecule has 10 nitrogen and oxygen atoms in total. The number of allylic oxidation sites excluding steroid dienone is 1. The van der Waals surface area contributed by atoms with Gasteiger partial charge in [0, 0.05) is 35.9 Å². The summed E-state index contributed by atoms with van der Waals surface area (Å²) in [4.78, 5) is 29.0. The van der Waals surface area contributed by atoms with Crippen LogP contribution in [0.25, 0.3) is 0 Å². The van der Waals surface area contributed by atoms with Gasteiger partial charge < -0.3 is 10.1 Å². The standard InChI is InChI=1S/C33H38N4O6S/c1-4-9-27-25-11-7-12-28(38)26(25)15-16-29(27)43-19-8-18-33(2,3)22-35-32(39)24-14-17-31(34-20-24)37-36-21-23-10-5-6-13-30(23)44(40,41)42/h4-6,10,13-17,20-21H,1,7-9,11-12,18-19,22H2,2-3H3,(H,34,37)(H,35,39)(H,40,41,42)/b36-21+. The fourth-order valence-corrected chi connectivity index (χ4v) is 5.78. The summed E-state index contributed by atoms with van der Waals surface area (Å²) in [7, 11) is -4.38. The van der Waals surface area contributed by atoms with Crippen LogP contribution in [-0.2, 0) is 23.0 Å². The number of hydrogen-bond acceptors (Lipinski definition) is 8. The average molecular weight is 619 g/mol. The first-order valence-corrected chi connectivity index (χ1v) is 15.9. The van der Waals surface area contributed by atoms with Gasteiger partial charge in [0.1, 0.15) is 16.5 Å². The number of anilines is 1. The van der Waals surface area contributed by atoms with Crippen molar-refractivity contribution in [3.05, 3.63) is 95.2 Å². The van der Waals surface area contributed by atoms with Crippen LogP contribution in [0.2, 0.25) is 0 Å². The zero-order chi connectivity index (χ0) is 31.7. The molecule has 1 heterocycles. The number of benzene rings is 2. The van der Waals surface area contributed by atoms with Gasteiger partial charge in [-0.15, -0.1) is 6.58 Å². The predicted molar refractivity (Wildman–Crippen MR) is 170 cm³/mol. The van der Waals surface area contributed by atoms with Crippen LogP contribution >= 0.6 is 0 Å². The van der Waals surface area contributed by atoms with Crippen LogP contribution in [-0.4, -0.2) is 49.0 Å². The number of amides is 1. The molecule has 0 bridgehead atoms. The lowest BCUT2D eigenvalue weighted by Gasteiger charge is -2.25. The first-order chi connectivity index (χ1) is 21.0. The molecule has 0 atom stereocenters. The summed E-state index contributed by atoms with van der Waals surface area (Å²) >= 11 is 0. The van der Waals surface area contributed by atoms with Gasteiger partial charge in [-0.25, -0.2) is 4.98 Å². The molecule has 0 radical (unpaired) electrons. The quantitative estimate of drug-likeness (QED) is 0.0692. The molecule has 3 N–H and O–H groups in total. The summed E-state index contributed by atoms with van der Waals surface area (Å²) in [6, 6.07) is 12.9. The Balaban J connectivity index is 1.24. The van der Waals surface area contributed by atoms with Gasteiger partial charge in [0.25, 0.3) is 16.0 Å². The lowest BCUT2D eigenvalue weighted by atomic mass is 9.86. The van der Waals surface area contributed by atoms with Crippen molar-refractivity contribution < 1.29 is 27.3 Å². The van der Waals surface area contributed by atoms with E-state index in [1.165, 1.54) is 30.6 Å². The molecule has 0 spiro atoms. The Morgan fingerprint density at radius 2 is 1.95 bits per heavy atom. The molecule has 11 heteroatoms. The van der Waals surface area contributed by atoms with E-state index in [1.54, 1.807) is 18.2 Å². The lowest BCUT2D eigenvalue weighted by Crippen LogP contribution is -2.34. The SMILES string of the molecule is C=CCc1c(OCCCC(C)(C)CNC(=O)c2ccc(N/N=C/c3ccccc3S(=O)(=O)O)nc2)ccc2c1CCCC2=O. The molecule has 232 valence electrons. The molecule has 1 aromatic heterocycles. The van der Waals surface area contributed by atoms with Crippen molar-refractivity contribution in [3.8, 4) is 5.75 Å². The summed E-state index contributed by atoms with van der Waals surface area (Å²) < 4.78 is 38.5. The maximum Gasteiger partial charge on any atom is 0.295 e. The number of nitrogens with zero attached hydrogens (tertiary/aromatic N) is 2. The van der Waals surface area contributed by atoms with Gasteiger partial charge in [-0.2, -0.15) is 13.5 Å². The van der Waals surface area contributed by atoms with Gasteiger partial charge in [0.05, 0.1) is 18.4 Å². The Morgan fingerprint density at radius 3 is 2.68 bits per heavy atom. The fourth-order valence-electron chi connectivity index (χ4n) is 5.11. The Morgan fingerprint density at radius 1 is 1.16 bits per heavy atom. The highest BCUT2D eigenvalue weighted by Crippen LogP contribution is 2.32. The van der Waals surface area contributed by atoms with Gasteiger partial charge in [0.2, 0.25) is 0 Å². The molecule has 1 aliphatic carbocycles. The van der Waals surface area contributed by atoms with Gasteiger partial charge >= 0.3 is 0 Å². The van der Waals surface area contributed by atoms with Crippen molar-refractivity contribution in [2.24, 2.45) is 10.5 Å². The number of hydrogen-bond donors (Lipinski definition) is 3. The zero-order valence-corrected chi connectivity index (χ0v) is 25.8. The van der Waals surface area contributed by atoms with Crippen LogP contribution in [0, 0.1) is 5.41 Å². The van der Waals surface area contributed by atoms with Crippen molar-refractivity contribution >= 4 is 33.8 Å². The highest BCUT2D eigenvalue weighted by molar-refractivity contribution is 7.86. The van der Waals surface area contributed by atoms with E-state index >= 15 is 0 Å². The molecule has 0 saturated heterocycles. The third-order valence-corrected chi connectivity index (χ3v) is 8.38. The van der Waals surface area contributed by atoms with Gasteiger partial charge in [-0.3, -0.25) is 19.6 Å². The zero-order valence-electron chi connectivity index (χ0n) is 25.0. The number of nitrogens with one attached hydrogen (secondary N) is 2. The molecule has 3 aromatic rings. The number of carbonyl (C=O) groups excluding carboxylic acids is 2. The van der Waals surface area contributed by atoms with Crippen molar-refractivity contribution in [1.29, 1.82) is 0 Å². The monoisotopic (exact) mass is 618 g/mol. The molecule has 44 heavy (non-hydrogen) atoms. The van der Waals surface area contributed by atoms with E-state index in [0.717, 1.165) is 48.1 Å². The minimum Gasteiger partial charge on any atom is -0.493 e. The van der Waals surface area contributed by atoms with Crippen LogP contribution in [0.4, 0.5) is 5.82 Å². The first-order valence-electron chi connectivity index (χ1n) is 14.5. The topological polar surface area (TPSA) is 147 Å². The Kier molecular flexibility index (Phi) is 10.7. The molecule has 0 saturated carbocycles. The van der Waals surface area contributed by atoms with E-state index in [2.05, 4.69) is 41.3 Å². The predicted octanol–water partition coefficient (Wildman–Crippen LogP) is 5.64. The van der Waals surface area contributed by atoms with E-state index in [0.29, 0.717) is 37.4 Å². The van der Waals surface area contributed by atoms with Gasteiger partial charge in [0.15, 0.2) is 5.78 Å². The molecule has 1 amide bonds. The second-order valence-electron chi connectivity index (χ2n) is 11.5. The van der Waals surface area contributed by atoms with Crippen molar-refractivity contribution in [1.82, 2.24) is 10.3 Å². The molecule has 1 aliphatic rings. The summed E-state index contributed by atoms with van der Waals surface area (Å²) in [5.74, 6) is 1.10. The Bertz CT molecular complexity index is 1650. The number of fused-ring (bicyclic) bond motifs is 1. The van der Waals surface area contributed by atoms with E-state index in [4.69, 9.17) is 4.74 Å². The normalized spacial score (nSPS) is 13.4. The van der Waals surface area contributed by atoms with E-state index in [9.17, 15) is 22.6 Å². The highest BCUT2D eigenvalue weighted by atomic mass is 32.2. The summed E-state index contributed by atoms with van der Waals surface area (Å²) in [6.07, 6.45) is 9.15. The summed E-state index contributed by atoms with van der Waals surface area (Å²) in [6.45, 7) is 9.04. The molecular formula is C33H38N4O6S. The van der Waals surface area contributed by atoms with Crippen LogP contribution < -0.4 is 15.5 Å². The number of rotatable bonds is 14. The number of ether oxygens (including phenoxy) is 1.